The van der Waals surface area contributed by atoms with Crippen molar-refractivity contribution < 1.29 is 8.81 Å². The number of halogens is 1. The zero-order valence-electron chi connectivity index (χ0n) is 15.5. The molecule has 3 aromatic heterocycles. The van der Waals surface area contributed by atoms with Crippen LogP contribution in [0.15, 0.2) is 35.1 Å². The summed E-state index contributed by atoms with van der Waals surface area (Å²) in [6.07, 6.45) is 7.70. The molecule has 0 spiro atoms. The highest BCUT2D eigenvalue weighted by molar-refractivity contribution is 5.96. The first-order chi connectivity index (χ1) is 13.6. The Bertz CT molecular complexity index is 1160. The fraction of sp³-hybridized carbons (Fsp3) is 0.300. The highest BCUT2D eigenvalue weighted by Crippen LogP contribution is 2.40. The van der Waals surface area contributed by atoms with E-state index in [1.165, 1.54) is 6.07 Å². The van der Waals surface area contributed by atoms with E-state index < -0.39 is 5.82 Å². The standard InChI is InChI=1S/C20H19FN6O/c1-10(2)24-20-27-26-19(28-20)13-5-12-14(7-23-16(12)6-15(13)21)18-9-22-8-17(25-18)11-3-4-11/h5-11,23H,3-4H2,1-2H3,(H,24,27). The number of anilines is 1. The molecule has 1 saturated carbocycles. The number of hydrogen-bond acceptors (Lipinski definition) is 6. The van der Waals surface area contributed by atoms with E-state index in [2.05, 4.69) is 25.5 Å². The number of rotatable bonds is 5. The lowest BCUT2D eigenvalue weighted by Gasteiger charge is -2.04. The van der Waals surface area contributed by atoms with Crippen molar-refractivity contribution in [3.63, 3.8) is 0 Å². The van der Waals surface area contributed by atoms with Gasteiger partial charge in [0.25, 0.3) is 5.89 Å². The Hall–Kier alpha value is -3.29. The van der Waals surface area contributed by atoms with Crippen LogP contribution in [0.2, 0.25) is 0 Å². The summed E-state index contributed by atoms with van der Waals surface area (Å²) in [5.74, 6) is 0.210. The predicted octanol–water partition coefficient (Wildman–Crippen LogP) is 4.51. The van der Waals surface area contributed by atoms with Crippen LogP contribution in [-0.2, 0) is 0 Å². The van der Waals surface area contributed by atoms with E-state index in [4.69, 9.17) is 9.40 Å². The summed E-state index contributed by atoms with van der Waals surface area (Å²) in [4.78, 5) is 12.2. The summed E-state index contributed by atoms with van der Waals surface area (Å²) >= 11 is 0. The molecule has 0 aliphatic heterocycles. The number of hydrogen-bond donors (Lipinski definition) is 2. The molecule has 1 fully saturated rings. The molecule has 0 bridgehead atoms. The van der Waals surface area contributed by atoms with Crippen LogP contribution in [0.25, 0.3) is 33.6 Å². The van der Waals surface area contributed by atoms with Gasteiger partial charge >= 0.3 is 6.01 Å². The molecule has 142 valence electrons. The molecule has 1 aromatic carbocycles. The molecule has 1 aliphatic rings. The van der Waals surface area contributed by atoms with Crippen molar-refractivity contribution in [1.82, 2.24) is 25.1 Å². The van der Waals surface area contributed by atoms with Gasteiger partial charge in [0.15, 0.2) is 0 Å². The monoisotopic (exact) mass is 378 g/mol. The molecule has 2 N–H and O–H groups in total. The number of benzene rings is 1. The van der Waals surface area contributed by atoms with Crippen LogP contribution >= 0.6 is 0 Å². The molecule has 0 amide bonds. The van der Waals surface area contributed by atoms with Crippen molar-refractivity contribution >= 4 is 16.9 Å². The first kappa shape index (κ1) is 16.9. The maximum atomic E-state index is 14.7. The van der Waals surface area contributed by atoms with Gasteiger partial charge in [-0.1, -0.05) is 5.10 Å². The highest BCUT2D eigenvalue weighted by atomic mass is 19.1. The zero-order chi connectivity index (χ0) is 19.3. The molecule has 0 unspecified atom stereocenters. The minimum Gasteiger partial charge on any atom is -0.403 e. The number of nitrogens with one attached hydrogen (secondary N) is 2. The number of nitrogens with zero attached hydrogens (tertiary/aromatic N) is 4. The summed E-state index contributed by atoms with van der Waals surface area (Å²) in [7, 11) is 0. The summed E-state index contributed by atoms with van der Waals surface area (Å²) in [6, 6.07) is 3.55. The molecule has 5 rings (SSSR count). The topological polar surface area (TPSA) is 92.5 Å². The van der Waals surface area contributed by atoms with Crippen molar-refractivity contribution in [2.24, 2.45) is 0 Å². The van der Waals surface area contributed by atoms with Gasteiger partial charge in [-0.15, -0.1) is 5.10 Å². The van der Waals surface area contributed by atoms with Crippen LogP contribution in [-0.4, -0.2) is 31.2 Å². The first-order valence-corrected chi connectivity index (χ1v) is 9.32. The maximum absolute atomic E-state index is 14.7. The Balaban J connectivity index is 1.58. The van der Waals surface area contributed by atoms with Crippen LogP contribution < -0.4 is 5.32 Å². The van der Waals surface area contributed by atoms with Crippen LogP contribution in [0.4, 0.5) is 10.4 Å². The lowest BCUT2D eigenvalue weighted by atomic mass is 10.1. The van der Waals surface area contributed by atoms with Gasteiger partial charge < -0.3 is 14.7 Å². The Morgan fingerprint density at radius 2 is 2.04 bits per heavy atom. The third-order valence-electron chi connectivity index (χ3n) is 4.76. The number of aromatic nitrogens is 5. The Labute approximate surface area is 160 Å². The number of fused-ring (bicyclic) bond motifs is 1. The molecule has 0 saturated heterocycles. The summed E-state index contributed by atoms with van der Waals surface area (Å²) in [5, 5.41) is 11.8. The lowest BCUT2D eigenvalue weighted by Crippen LogP contribution is -2.09. The SMILES string of the molecule is CC(C)Nc1nnc(-c2cc3c(-c4cncc(C5CC5)n4)c[nH]c3cc2F)o1. The molecule has 3 heterocycles. The van der Waals surface area contributed by atoms with Crippen molar-refractivity contribution in [3.8, 4) is 22.7 Å². The lowest BCUT2D eigenvalue weighted by molar-refractivity contribution is 0.564. The van der Waals surface area contributed by atoms with Crippen molar-refractivity contribution in [2.45, 2.75) is 38.6 Å². The second-order valence-electron chi connectivity index (χ2n) is 7.39. The number of aromatic amines is 1. The van der Waals surface area contributed by atoms with Gasteiger partial charge in [0, 0.05) is 40.8 Å². The minimum absolute atomic E-state index is 0.132. The molecule has 4 aromatic rings. The molecule has 1 aliphatic carbocycles. The van der Waals surface area contributed by atoms with Crippen molar-refractivity contribution in [2.75, 3.05) is 5.32 Å². The molecular formula is C20H19FN6O. The summed E-state index contributed by atoms with van der Waals surface area (Å²) in [6.45, 7) is 3.92. The fourth-order valence-corrected chi connectivity index (χ4v) is 3.24. The second kappa shape index (κ2) is 6.40. The third-order valence-corrected chi connectivity index (χ3v) is 4.76. The average Bonchev–Trinajstić information content (AvgIpc) is 3.30. The van der Waals surface area contributed by atoms with Gasteiger partial charge in [0.2, 0.25) is 0 Å². The molecular weight excluding hydrogens is 359 g/mol. The normalized spacial score (nSPS) is 14.1. The van der Waals surface area contributed by atoms with Crippen LogP contribution in [0, 0.1) is 5.82 Å². The van der Waals surface area contributed by atoms with Gasteiger partial charge in [-0.05, 0) is 38.8 Å². The van der Waals surface area contributed by atoms with Crippen LogP contribution in [0.1, 0.15) is 38.3 Å². The van der Waals surface area contributed by atoms with Gasteiger partial charge in [0.05, 0.1) is 23.1 Å². The minimum atomic E-state index is -0.432. The van der Waals surface area contributed by atoms with E-state index >= 15 is 0 Å². The van der Waals surface area contributed by atoms with Crippen molar-refractivity contribution in [3.05, 3.63) is 42.2 Å². The van der Waals surface area contributed by atoms with Crippen molar-refractivity contribution in [1.29, 1.82) is 0 Å². The fourth-order valence-electron chi connectivity index (χ4n) is 3.24. The predicted molar refractivity (Wildman–Crippen MR) is 103 cm³/mol. The summed E-state index contributed by atoms with van der Waals surface area (Å²) < 4.78 is 20.3. The first-order valence-electron chi connectivity index (χ1n) is 9.32. The van der Waals surface area contributed by atoms with Crippen LogP contribution in [0.5, 0.6) is 0 Å². The van der Waals surface area contributed by atoms with E-state index in [-0.39, 0.29) is 23.5 Å². The van der Waals surface area contributed by atoms with Gasteiger partial charge in [-0.25, -0.2) is 9.37 Å². The molecule has 0 atom stereocenters. The summed E-state index contributed by atoms with van der Waals surface area (Å²) in [5.41, 5.74) is 3.57. The molecule has 0 radical (unpaired) electrons. The van der Waals surface area contributed by atoms with Gasteiger partial charge in [-0.3, -0.25) is 4.98 Å². The quantitative estimate of drug-likeness (QED) is 0.531. The molecule has 8 heteroatoms. The Morgan fingerprint density at radius 3 is 2.82 bits per heavy atom. The van der Waals surface area contributed by atoms with Crippen LogP contribution in [0.3, 0.4) is 0 Å². The highest BCUT2D eigenvalue weighted by Gasteiger charge is 2.26. The van der Waals surface area contributed by atoms with E-state index in [1.54, 1.807) is 12.3 Å². The smallest absolute Gasteiger partial charge is 0.315 e. The third kappa shape index (κ3) is 3.00. The van der Waals surface area contributed by atoms with E-state index in [1.807, 2.05) is 26.2 Å². The Kier molecular flexibility index (Phi) is 3.85. The average molecular weight is 378 g/mol. The van der Waals surface area contributed by atoms with E-state index in [0.717, 1.165) is 35.2 Å². The van der Waals surface area contributed by atoms with Gasteiger partial charge in [0.1, 0.15) is 5.82 Å². The second-order valence-corrected chi connectivity index (χ2v) is 7.39. The maximum Gasteiger partial charge on any atom is 0.315 e. The largest absolute Gasteiger partial charge is 0.403 e. The number of H-pyrrole nitrogens is 1. The Morgan fingerprint density at radius 1 is 1.18 bits per heavy atom. The van der Waals surface area contributed by atoms with E-state index in [0.29, 0.717) is 11.4 Å². The van der Waals surface area contributed by atoms with E-state index in [9.17, 15) is 4.39 Å². The zero-order valence-corrected chi connectivity index (χ0v) is 15.5. The molecule has 7 nitrogen and oxygen atoms in total. The molecule has 28 heavy (non-hydrogen) atoms. The van der Waals surface area contributed by atoms with Gasteiger partial charge in [-0.2, -0.15) is 0 Å².